The summed E-state index contributed by atoms with van der Waals surface area (Å²) in [6.07, 6.45) is 2.33. The molecule has 0 radical (unpaired) electrons. The molecule has 0 aliphatic heterocycles. The minimum Gasteiger partial charge on any atom is -0.317 e. The molecule has 0 amide bonds. The zero-order valence-electron chi connectivity index (χ0n) is 12.9. The number of hydrogen-bond acceptors (Lipinski definition) is 1. The topological polar surface area (TPSA) is 12.0 Å². The maximum Gasteiger partial charge on any atom is 0.123 e. The van der Waals surface area contributed by atoms with E-state index in [1.54, 1.807) is 0 Å². The Bertz CT molecular complexity index is 530. The van der Waals surface area contributed by atoms with E-state index < -0.39 is 0 Å². The molecule has 0 spiro atoms. The van der Waals surface area contributed by atoms with Crippen molar-refractivity contribution < 1.29 is 4.39 Å². The Morgan fingerprint density at radius 3 is 2.05 bits per heavy atom. The van der Waals surface area contributed by atoms with Crippen LogP contribution in [0.1, 0.15) is 38.2 Å². The number of halogens is 1. The van der Waals surface area contributed by atoms with Crippen molar-refractivity contribution in [2.24, 2.45) is 0 Å². The highest BCUT2D eigenvalue weighted by atomic mass is 19.1. The first-order chi connectivity index (χ1) is 10.2. The van der Waals surface area contributed by atoms with E-state index >= 15 is 0 Å². The number of hydrogen-bond donors (Lipinski definition) is 1. The standard InChI is InChI=1S/C19H24FN/c1-3-13-21-14-12-15(2)16-4-6-17(7-5-16)18-8-10-19(20)11-9-18/h4-11,15,21H,3,12-14H2,1-2H3. The summed E-state index contributed by atoms with van der Waals surface area (Å²) >= 11 is 0. The van der Waals surface area contributed by atoms with Crippen molar-refractivity contribution in [1.82, 2.24) is 5.32 Å². The summed E-state index contributed by atoms with van der Waals surface area (Å²) < 4.78 is 12.9. The predicted octanol–water partition coefficient (Wildman–Crippen LogP) is 4.99. The first kappa shape index (κ1) is 15.7. The molecule has 2 heteroatoms. The SMILES string of the molecule is CCCNCCC(C)c1ccc(-c2ccc(F)cc2)cc1. The van der Waals surface area contributed by atoms with Crippen LogP contribution in [0.5, 0.6) is 0 Å². The van der Waals surface area contributed by atoms with E-state index in [2.05, 4.69) is 43.4 Å². The smallest absolute Gasteiger partial charge is 0.123 e. The third-order valence-electron chi connectivity index (χ3n) is 3.84. The fourth-order valence-corrected chi connectivity index (χ4v) is 2.43. The van der Waals surface area contributed by atoms with Crippen molar-refractivity contribution in [2.45, 2.75) is 32.6 Å². The Morgan fingerprint density at radius 2 is 1.48 bits per heavy atom. The molecule has 0 saturated heterocycles. The monoisotopic (exact) mass is 285 g/mol. The molecule has 0 fully saturated rings. The summed E-state index contributed by atoms with van der Waals surface area (Å²) in [6.45, 7) is 6.61. The molecule has 2 rings (SSSR count). The number of benzene rings is 2. The van der Waals surface area contributed by atoms with E-state index in [1.807, 2.05) is 12.1 Å². The number of rotatable bonds is 7. The number of nitrogens with one attached hydrogen (secondary N) is 1. The summed E-state index contributed by atoms with van der Waals surface area (Å²) in [7, 11) is 0. The quantitative estimate of drug-likeness (QED) is 0.707. The van der Waals surface area contributed by atoms with Gasteiger partial charge in [0.05, 0.1) is 0 Å². The second-order valence-corrected chi connectivity index (χ2v) is 5.57. The second kappa shape index (κ2) is 7.94. The summed E-state index contributed by atoms with van der Waals surface area (Å²) in [4.78, 5) is 0. The van der Waals surface area contributed by atoms with Gasteiger partial charge < -0.3 is 5.32 Å². The zero-order chi connectivity index (χ0) is 15.1. The molecular formula is C19H24FN. The van der Waals surface area contributed by atoms with Gasteiger partial charge >= 0.3 is 0 Å². The van der Waals surface area contributed by atoms with Crippen molar-refractivity contribution in [3.63, 3.8) is 0 Å². The minimum absolute atomic E-state index is 0.191. The van der Waals surface area contributed by atoms with E-state index in [9.17, 15) is 4.39 Å². The lowest BCUT2D eigenvalue weighted by Gasteiger charge is -2.13. The van der Waals surface area contributed by atoms with Gasteiger partial charge in [0.1, 0.15) is 5.82 Å². The van der Waals surface area contributed by atoms with Crippen LogP contribution < -0.4 is 5.32 Å². The normalized spacial score (nSPS) is 12.3. The van der Waals surface area contributed by atoms with Crippen molar-refractivity contribution in [3.8, 4) is 11.1 Å². The molecule has 1 N–H and O–H groups in total. The first-order valence-corrected chi connectivity index (χ1v) is 7.77. The van der Waals surface area contributed by atoms with Crippen LogP contribution in [0.2, 0.25) is 0 Å². The minimum atomic E-state index is -0.191. The van der Waals surface area contributed by atoms with E-state index in [0.29, 0.717) is 5.92 Å². The van der Waals surface area contributed by atoms with Crippen LogP contribution in [-0.2, 0) is 0 Å². The van der Waals surface area contributed by atoms with E-state index in [1.165, 1.54) is 24.1 Å². The zero-order valence-corrected chi connectivity index (χ0v) is 12.9. The molecule has 2 aromatic rings. The van der Waals surface area contributed by atoms with Gasteiger partial charge in [0.25, 0.3) is 0 Å². The molecule has 21 heavy (non-hydrogen) atoms. The first-order valence-electron chi connectivity index (χ1n) is 7.77. The van der Waals surface area contributed by atoms with Crippen molar-refractivity contribution in [2.75, 3.05) is 13.1 Å². The van der Waals surface area contributed by atoms with Crippen LogP contribution in [0.3, 0.4) is 0 Å². The van der Waals surface area contributed by atoms with Gasteiger partial charge in [0.15, 0.2) is 0 Å². The molecule has 1 atom stereocenters. The fourth-order valence-electron chi connectivity index (χ4n) is 2.43. The largest absolute Gasteiger partial charge is 0.317 e. The maximum atomic E-state index is 12.9. The molecule has 1 unspecified atom stereocenters. The van der Waals surface area contributed by atoms with Gasteiger partial charge in [0.2, 0.25) is 0 Å². The Morgan fingerprint density at radius 1 is 0.905 bits per heavy atom. The van der Waals surface area contributed by atoms with Gasteiger partial charge in [-0.05, 0) is 60.7 Å². The average molecular weight is 285 g/mol. The Kier molecular flexibility index (Phi) is 5.94. The van der Waals surface area contributed by atoms with Crippen LogP contribution in [0.4, 0.5) is 4.39 Å². The van der Waals surface area contributed by atoms with Crippen LogP contribution in [0.25, 0.3) is 11.1 Å². The molecule has 1 nitrogen and oxygen atoms in total. The fraction of sp³-hybridized carbons (Fsp3) is 0.368. The summed E-state index contributed by atoms with van der Waals surface area (Å²) in [6, 6.07) is 15.3. The molecule has 0 heterocycles. The lowest BCUT2D eigenvalue weighted by molar-refractivity contribution is 0.591. The van der Waals surface area contributed by atoms with Crippen LogP contribution in [0, 0.1) is 5.82 Å². The lowest BCUT2D eigenvalue weighted by Crippen LogP contribution is -2.17. The molecule has 2 aromatic carbocycles. The predicted molar refractivity (Wildman–Crippen MR) is 88.0 cm³/mol. The van der Waals surface area contributed by atoms with Crippen LogP contribution in [0.15, 0.2) is 48.5 Å². The molecule has 0 aromatic heterocycles. The highest BCUT2D eigenvalue weighted by molar-refractivity contribution is 5.63. The van der Waals surface area contributed by atoms with Crippen molar-refractivity contribution in [3.05, 3.63) is 59.9 Å². The van der Waals surface area contributed by atoms with Crippen LogP contribution in [-0.4, -0.2) is 13.1 Å². The lowest BCUT2D eigenvalue weighted by atomic mass is 9.95. The van der Waals surface area contributed by atoms with Crippen molar-refractivity contribution in [1.29, 1.82) is 0 Å². The van der Waals surface area contributed by atoms with E-state index in [4.69, 9.17) is 0 Å². The third kappa shape index (κ3) is 4.68. The molecule has 0 saturated carbocycles. The maximum absolute atomic E-state index is 12.9. The van der Waals surface area contributed by atoms with Gasteiger partial charge in [-0.25, -0.2) is 4.39 Å². The molecule has 0 aliphatic rings. The van der Waals surface area contributed by atoms with Gasteiger partial charge in [-0.15, -0.1) is 0 Å². The second-order valence-electron chi connectivity index (χ2n) is 5.57. The highest BCUT2D eigenvalue weighted by Crippen LogP contribution is 2.24. The Hall–Kier alpha value is -1.67. The summed E-state index contributed by atoms with van der Waals surface area (Å²) in [5.41, 5.74) is 3.55. The average Bonchev–Trinajstić information content (AvgIpc) is 2.52. The highest BCUT2D eigenvalue weighted by Gasteiger charge is 2.05. The van der Waals surface area contributed by atoms with Gasteiger partial charge in [0, 0.05) is 0 Å². The third-order valence-corrected chi connectivity index (χ3v) is 3.84. The molecule has 0 bridgehead atoms. The van der Waals surface area contributed by atoms with Crippen molar-refractivity contribution >= 4 is 0 Å². The van der Waals surface area contributed by atoms with Gasteiger partial charge in [-0.1, -0.05) is 50.2 Å². The van der Waals surface area contributed by atoms with Gasteiger partial charge in [-0.2, -0.15) is 0 Å². The molecule has 0 aliphatic carbocycles. The Labute approximate surface area is 127 Å². The van der Waals surface area contributed by atoms with Gasteiger partial charge in [-0.3, -0.25) is 0 Å². The van der Waals surface area contributed by atoms with E-state index in [-0.39, 0.29) is 5.82 Å². The Balaban J connectivity index is 1.96. The molecule has 112 valence electrons. The van der Waals surface area contributed by atoms with Crippen LogP contribution >= 0.6 is 0 Å². The summed E-state index contributed by atoms with van der Waals surface area (Å²) in [5.74, 6) is 0.361. The molecular weight excluding hydrogens is 261 g/mol. The summed E-state index contributed by atoms with van der Waals surface area (Å²) in [5, 5.41) is 3.44. The van der Waals surface area contributed by atoms with E-state index in [0.717, 1.165) is 30.6 Å².